The van der Waals surface area contributed by atoms with Gasteiger partial charge in [0, 0.05) is 6.04 Å². The van der Waals surface area contributed by atoms with Crippen LogP contribution in [0.5, 0.6) is 0 Å². The fourth-order valence-corrected chi connectivity index (χ4v) is 1.87. The number of nitrogen functional groups attached to an aromatic ring is 1. The van der Waals surface area contributed by atoms with E-state index in [0.29, 0.717) is 0 Å². The Labute approximate surface area is 103 Å². The number of hydrogen-bond donors (Lipinski definition) is 2. The molecule has 0 aliphatic carbocycles. The lowest BCUT2D eigenvalue weighted by Crippen LogP contribution is -2.18. The monoisotopic (exact) mass is 257 g/mol. The molecule has 7 nitrogen and oxygen atoms in total. The normalized spacial score (nSPS) is 12.1. The van der Waals surface area contributed by atoms with E-state index in [-0.39, 0.29) is 23.4 Å². The van der Waals surface area contributed by atoms with Gasteiger partial charge in [-0.15, -0.1) is 0 Å². The first-order valence-corrected chi connectivity index (χ1v) is 6.46. The fourth-order valence-electron chi connectivity index (χ4n) is 1.28. The summed E-state index contributed by atoms with van der Waals surface area (Å²) < 4.78 is 0. The second kappa shape index (κ2) is 6.24. The first-order chi connectivity index (χ1) is 8.06. The number of nitrogens with zero attached hydrogens (tertiary/aromatic N) is 3. The van der Waals surface area contributed by atoms with Gasteiger partial charge in [0.25, 0.3) is 0 Å². The number of thioether (sulfide) groups is 1. The molecule has 1 aromatic rings. The van der Waals surface area contributed by atoms with Crippen LogP contribution >= 0.6 is 11.8 Å². The topological polar surface area (TPSA) is 107 Å². The predicted molar refractivity (Wildman–Crippen MR) is 69.2 cm³/mol. The maximum atomic E-state index is 10.8. The minimum atomic E-state index is -0.570. The number of rotatable bonds is 6. The van der Waals surface area contributed by atoms with Crippen molar-refractivity contribution in [3.05, 3.63) is 16.4 Å². The van der Waals surface area contributed by atoms with Gasteiger partial charge in [-0.2, -0.15) is 11.8 Å². The molecule has 0 bridgehead atoms. The molecule has 8 heteroatoms. The van der Waals surface area contributed by atoms with E-state index in [2.05, 4.69) is 15.3 Å². The van der Waals surface area contributed by atoms with Gasteiger partial charge >= 0.3 is 5.69 Å². The van der Waals surface area contributed by atoms with Gasteiger partial charge < -0.3 is 11.1 Å². The summed E-state index contributed by atoms with van der Waals surface area (Å²) in [7, 11) is 0. The summed E-state index contributed by atoms with van der Waals surface area (Å²) in [4.78, 5) is 17.7. The lowest BCUT2D eigenvalue weighted by Gasteiger charge is -2.13. The van der Waals surface area contributed by atoms with Gasteiger partial charge in [0.2, 0.25) is 11.6 Å². The highest BCUT2D eigenvalue weighted by Crippen LogP contribution is 2.27. The summed E-state index contributed by atoms with van der Waals surface area (Å²) in [5, 5.41) is 13.8. The molecule has 1 atom stereocenters. The second-order valence-corrected chi connectivity index (χ2v) is 4.53. The molecule has 0 amide bonds. The number of nitro groups is 1. The number of anilines is 2. The minimum Gasteiger partial charge on any atom is -0.378 e. The predicted octanol–water partition coefficient (Wildman–Crippen LogP) is 1.52. The Hall–Kier alpha value is -1.57. The molecule has 1 rings (SSSR count). The van der Waals surface area contributed by atoms with E-state index in [0.717, 1.165) is 12.2 Å². The third kappa shape index (κ3) is 3.74. The van der Waals surface area contributed by atoms with E-state index >= 15 is 0 Å². The molecule has 0 saturated carbocycles. The van der Waals surface area contributed by atoms with Crippen LogP contribution in [0.3, 0.4) is 0 Å². The largest absolute Gasteiger partial charge is 0.378 e. The van der Waals surface area contributed by atoms with Crippen LogP contribution in [-0.4, -0.2) is 32.9 Å². The van der Waals surface area contributed by atoms with E-state index in [4.69, 9.17) is 5.73 Å². The third-order valence-electron chi connectivity index (χ3n) is 2.17. The molecular weight excluding hydrogens is 242 g/mol. The van der Waals surface area contributed by atoms with Gasteiger partial charge in [-0.05, 0) is 25.4 Å². The van der Waals surface area contributed by atoms with Gasteiger partial charge in [0.15, 0.2) is 0 Å². The molecule has 17 heavy (non-hydrogen) atoms. The first-order valence-electron chi connectivity index (χ1n) is 5.06. The lowest BCUT2D eigenvalue weighted by atomic mass is 10.2. The summed E-state index contributed by atoms with van der Waals surface area (Å²) in [6.45, 7) is 1.94. The summed E-state index contributed by atoms with van der Waals surface area (Å²) in [6, 6.07) is 0.0930. The van der Waals surface area contributed by atoms with Crippen molar-refractivity contribution in [1.29, 1.82) is 0 Å². The van der Waals surface area contributed by atoms with Crippen molar-refractivity contribution in [3.8, 4) is 0 Å². The molecular formula is C9H15N5O2S. The molecule has 1 heterocycles. The van der Waals surface area contributed by atoms with Crippen LogP contribution in [0.1, 0.15) is 13.3 Å². The van der Waals surface area contributed by atoms with Crippen molar-refractivity contribution in [2.24, 2.45) is 0 Å². The number of aromatic nitrogens is 2. The zero-order valence-electron chi connectivity index (χ0n) is 9.71. The molecule has 3 N–H and O–H groups in total. The van der Waals surface area contributed by atoms with Crippen LogP contribution in [0.4, 0.5) is 17.3 Å². The van der Waals surface area contributed by atoms with Crippen LogP contribution in [0.15, 0.2) is 6.33 Å². The first kappa shape index (κ1) is 13.5. The number of nitrogens with one attached hydrogen (secondary N) is 1. The molecule has 1 aromatic heterocycles. The highest BCUT2D eigenvalue weighted by atomic mass is 32.2. The number of nitrogens with two attached hydrogens (primary N) is 1. The van der Waals surface area contributed by atoms with E-state index in [1.54, 1.807) is 11.8 Å². The van der Waals surface area contributed by atoms with Gasteiger partial charge in [-0.1, -0.05) is 0 Å². The van der Waals surface area contributed by atoms with Crippen molar-refractivity contribution < 1.29 is 4.92 Å². The highest BCUT2D eigenvalue weighted by Gasteiger charge is 2.21. The van der Waals surface area contributed by atoms with Crippen molar-refractivity contribution >= 4 is 29.1 Å². The summed E-state index contributed by atoms with van der Waals surface area (Å²) in [5.41, 5.74) is 5.20. The Morgan fingerprint density at radius 3 is 2.94 bits per heavy atom. The maximum absolute atomic E-state index is 10.8. The standard InChI is InChI=1S/C9H15N5O2S/c1-6(3-4-17-2)13-9-7(14(15)16)8(10)11-5-12-9/h5-6H,3-4H2,1-2H3,(H3,10,11,12,13). The minimum absolute atomic E-state index is 0.0930. The third-order valence-corrected chi connectivity index (χ3v) is 2.82. The van der Waals surface area contributed by atoms with Crippen molar-refractivity contribution in [2.45, 2.75) is 19.4 Å². The van der Waals surface area contributed by atoms with Crippen LogP contribution in [0, 0.1) is 10.1 Å². The average Bonchev–Trinajstić information content (AvgIpc) is 2.25. The molecule has 0 fully saturated rings. The van der Waals surface area contributed by atoms with E-state index < -0.39 is 4.92 Å². The Balaban J connectivity index is 2.83. The summed E-state index contributed by atoms with van der Waals surface area (Å²) >= 11 is 1.72. The zero-order chi connectivity index (χ0) is 12.8. The molecule has 0 aliphatic rings. The molecule has 1 unspecified atom stereocenters. The SMILES string of the molecule is CSCCC(C)Nc1ncnc(N)c1[N+](=O)[O-]. The zero-order valence-corrected chi connectivity index (χ0v) is 10.5. The molecule has 0 spiro atoms. The van der Waals surface area contributed by atoms with E-state index in [1.165, 1.54) is 6.33 Å². The molecule has 0 saturated heterocycles. The van der Waals surface area contributed by atoms with E-state index in [1.807, 2.05) is 13.2 Å². The van der Waals surface area contributed by atoms with Crippen LogP contribution in [0.2, 0.25) is 0 Å². The second-order valence-electron chi connectivity index (χ2n) is 3.54. The Morgan fingerprint density at radius 2 is 2.35 bits per heavy atom. The van der Waals surface area contributed by atoms with Crippen LogP contribution < -0.4 is 11.1 Å². The van der Waals surface area contributed by atoms with Gasteiger partial charge in [-0.3, -0.25) is 10.1 Å². The highest BCUT2D eigenvalue weighted by molar-refractivity contribution is 7.98. The average molecular weight is 257 g/mol. The summed E-state index contributed by atoms with van der Waals surface area (Å²) in [5.74, 6) is 1.03. The smallest absolute Gasteiger partial charge is 0.352 e. The maximum Gasteiger partial charge on any atom is 0.352 e. The van der Waals surface area contributed by atoms with Crippen molar-refractivity contribution in [3.63, 3.8) is 0 Å². The van der Waals surface area contributed by atoms with Gasteiger partial charge in [-0.25, -0.2) is 9.97 Å². The Kier molecular flexibility index (Phi) is 4.95. The molecule has 0 aliphatic heterocycles. The van der Waals surface area contributed by atoms with Crippen LogP contribution in [-0.2, 0) is 0 Å². The Bertz CT molecular complexity index is 401. The fraction of sp³-hybridized carbons (Fsp3) is 0.556. The van der Waals surface area contributed by atoms with E-state index in [9.17, 15) is 10.1 Å². The molecule has 0 radical (unpaired) electrons. The molecule has 0 aromatic carbocycles. The summed E-state index contributed by atoms with van der Waals surface area (Å²) in [6.07, 6.45) is 4.12. The van der Waals surface area contributed by atoms with Crippen molar-refractivity contribution in [1.82, 2.24) is 9.97 Å². The molecule has 94 valence electrons. The lowest BCUT2D eigenvalue weighted by molar-refractivity contribution is -0.383. The number of hydrogen-bond acceptors (Lipinski definition) is 7. The Morgan fingerprint density at radius 1 is 1.65 bits per heavy atom. The van der Waals surface area contributed by atoms with Gasteiger partial charge in [0.1, 0.15) is 6.33 Å². The quantitative estimate of drug-likeness (QED) is 0.587. The van der Waals surface area contributed by atoms with Crippen molar-refractivity contribution in [2.75, 3.05) is 23.1 Å². The van der Waals surface area contributed by atoms with Crippen LogP contribution in [0.25, 0.3) is 0 Å². The van der Waals surface area contributed by atoms with Gasteiger partial charge in [0.05, 0.1) is 4.92 Å².